The van der Waals surface area contributed by atoms with Crippen molar-refractivity contribution in [3.8, 4) is 0 Å². The fraction of sp³-hybridized carbons (Fsp3) is 0.176. The number of aromatic nitrogens is 1. The number of pyridine rings is 1. The number of aryl methyl sites for hydroxylation is 1. The predicted octanol–water partition coefficient (Wildman–Crippen LogP) is 2.51. The van der Waals surface area contributed by atoms with Crippen LogP contribution >= 0.6 is 0 Å². The van der Waals surface area contributed by atoms with Crippen molar-refractivity contribution < 1.29 is 9.59 Å². The summed E-state index contributed by atoms with van der Waals surface area (Å²) >= 11 is 0. The number of carbonyl (C=O) groups excluding carboxylic acids is 2. The van der Waals surface area contributed by atoms with E-state index in [1.54, 1.807) is 30.5 Å². The highest BCUT2D eigenvalue weighted by molar-refractivity contribution is 6.44. The number of amides is 2. The highest BCUT2D eigenvalue weighted by Crippen LogP contribution is 2.20. The van der Waals surface area contributed by atoms with E-state index in [9.17, 15) is 9.59 Å². The van der Waals surface area contributed by atoms with E-state index in [0.717, 1.165) is 5.69 Å². The van der Waals surface area contributed by atoms with E-state index in [0.29, 0.717) is 23.5 Å². The van der Waals surface area contributed by atoms with Gasteiger partial charge in [0, 0.05) is 30.4 Å². The first-order chi connectivity index (χ1) is 11.1. The van der Waals surface area contributed by atoms with Crippen LogP contribution in [0, 0.1) is 6.92 Å². The molecule has 6 nitrogen and oxygen atoms in total. The standard InChI is InChI=1S/C17H16N4O2/c1-12-11-13(9-10-18-12)19-17(23)15-7-8-16(22)21(20-15)14-5-3-2-4-6-14/h2-6,9-11H,7-8H2,1H3,(H,18,19,23). The van der Waals surface area contributed by atoms with E-state index < -0.39 is 0 Å². The minimum atomic E-state index is -0.302. The summed E-state index contributed by atoms with van der Waals surface area (Å²) in [4.78, 5) is 28.5. The van der Waals surface area contributed by atoms with Gasteiger partial charge in [-0.05, 0) is 31.2 Å². The van der Waals surface area contributed by atoms with E-state index in [1.807, 2.05) is 25.1 Å². The first-order valence-corrected chi connectivity index (χ1v) is 7.33. The second-order valence-electron chi connectivity index (χ2n) is 5.23. The van der Waals surface area contributed by atoms with E-state index in [-0.39, 0.29) is 18.2 Å². The molecule has 2 aromatic rings. The van der Waals surface area contributed by atoms with Crippen LogP contribution in [-0.2, 0) is 9.59 Å². The molecule has 23 heavy (non-hydrogen) atoms. The fourth-order valence-corrected chi connectivity index (χ4v) is 2.31. The van der Waals surface area contributed by atoms with Gasteiger partial charge in [0.1, 0.15) is 5.71 Å². The first-order valence-electron chi connectivity index (χ1n) is 7.33. The van der Waals surface area contributed by atoms with Crippen molar-refractivity contribution >= 4 is 28.9 Å². The highest BCUT2D eigenvalue weighted by atomic mass is 16.2. The summed E-state index contributed by atoms with van der Waals surface area (Å²) in [6.45, 7) is 1.85. The number of hydrogen-bond donors (Lipinski definition) is 1. The lowest BCUT2D eigenvalue weighted by Crippen LogP contribution is -2.36. The van der Waals surface area contributed by atoms with Crippen LogP contribution in [0.5, 0.6) is 0 Å². The molecule has 0 saturated carbocycles. The summed E-state index contributed by atoms with van der Waals surface area (Å²) in [7, 11) is 0. The molecule has 1 N–H and O–H groups in total. The molecule has 116 valence electrons. The molecule has 1 aliphatic rings. The van der Waals surface area contributed by atoms with E-state index in [4.69, 9.17) is 0 Å². The number of nitrogens with one attached hydrogen (secondary N) is 1. The van der Waals surface area contributed by atoms with Crippen molar-refractivity contribution in [1.82, 2.24) is 4.98 Å². The topological polar surface area (TPSA) is 74.7 Å². The monoisotopic (exact) mass is 308 g/mol. The van der Waals surface area contributed by atoms with Crippen LogP contribution in [0.4, 0.5) is 11.4 Å². The summed E-state index contributed by atoms with van der Waals surface area (Å²) in [5, 5.41) is 8.30. The lowest BCUT2D eigenvalue weighted by Gasteiger charge is -2.23. The van der Waals surface area contributed by atoms with Crippen molar-refractivity contribution in [2.24, 2.45) is 5.10 Å². The molecule has 1 aromatic heterocycles. The first kappa shape index (κ1) is 14.9. The van der Waals surface area contributed by atoms with Gasteiger partial charge in [0.15, 0.2) is 0 Å². The summed E-state index contributed by atoms with van der Waals surface area (Å²) in [6, 6.07) is 12.6. The van der Waals surface area contributed by atoms with Gasteiger partial charge in [-0.3, -0.25) is 14.6 Å². The number of hydrogen-bond acceptors (Lipinski definition) is 4. The Balaban J connectivity index is 1.81. The minimum absolute atomic E-state index is 0.118. The number of anilines is 2. The third-order valence-electron chi connectivity index (χ3n) is 3.45. The zero-order valence-corrected chi connectivity index (χ0v) is 12.7. The Bertz CT molecular complexity index is 771. The summed E-state index contributed by atoms with van der Waals surface area (Å²) in [6.07, 6.45) is 2.22. The molecule has 1 aromatic carbocycles. The molecule has 6 heteroatoms. The molecule has 0 fully saturated rings. The molecule has 2 heterocycles. The molecule has 2 amide bonds. The van der Waals surface area contributed by atoms with Gasteiger partial charge in [-0.25, -0.2) is 5.01 Å². The summed E-state index contributed by atoms with van der Waals surface area (Å²) in [5.41, 5.74) is 2.47. The van der Waals surface area contributed by atoms with E-state index in [1.165, 1.54) is 5.01 Å². The van der Waals surface area contributed by atoms with Crippen LogP contribution in [-0.4, -0.2) is 22.5 Å². The normalized spacial score (nSPS) is 14.4. The molecular formula is C17H16N4O2. The van der Waals surface area contributed by atoms with Crippen molar-refractivity contribution in [3.05, 3.63) is 54.4 Å². The van der Waals surface area contributed by atoms with Crippen LogP contribution in [0.3, 0.4) is 0 Å². The van der Waals surface area contributed by atoms with Gasteiger partial charge in [0.25, 0.3) is 5.91 Å². The smallest absolute Gasteiger partial charge is 0.271 e. The zero-order valence-electron chi connectivity index (χ0n) is 12.7. The molecule has 0 atom stereocenters. The number of carbonyl (C=O) groups is 2. The predicted molar refractivity (Wildman–Crippen MR) is 88.2 cm³/mol. The Hall–Kier alpha value is -3.02. The van der Waals surface area contributed by atoms with Gasteiger partial charge in [-0.1, -0.05) is 18.2 Å². The highest BCUT2D eigenvalue weighted by Gasteiger charge is 2.25. The fourth-order valence-electron chi connectivity index (χ4n) is 2.31. The number of benzene rings is 1. The van der Waals surface area contributed by atoms with Gasteiger partial charge >= 0.3 is 0 Å². The van der Waals surface area contributed by atoms with Gasteiger partial charge in [-0.15, -0.1) is 0 Å². The van der Waals surface area contributed by atoms with Crippen molar-refractivity contribution in [1.29, 1.82) is 0 Å². The zero-order chi connectivity index (χ0) is 16.2. The Labute approximate surface area is 133 Å². The Morgan fingerprint density at radius 1 is 1.17 bits per heavy atom. The Morgan fingerprint density at radius 3 is 2.70 bits per heavy atom. The third kappa shape index (κ3) is 3.42. The second kappa shape index (κ2) is 6.39. The molecule has 0 radical (unpaired) electrons. The SMILES string of the molecule is Cc1cc(NC(=O)C2=NN(c3ccccc3)C(=O)CC2)ccn1. The number of para-hydroxylation sites is 1. The maximum Gasteiger partial charge on any atom is 0.271 e. The molecule has 0 unspecified atom stereocenters. The number of rotatable bonds is 3. The molecule has 3 rings (SSSR count). The second-order valence-corrected chi connectivity index (χ2v) is 5.23. The molecule has 0 bridgehead atoms. The van der Waals surface area contributed by atoms with Gasteiger partial charge in [0.2, 0.25) is 5.91 Å². The van der Waals surface area contributed by atoms with Crippen LogP contribution in [0.2, 0.25) is 0 Å². The summed E-state index contributed by atoms with van der Waals surface area (Å²) < 4.78 is 0. The van der Waals surface area contributed by atoms with Crippen molar-refractivity contribution in [2.45, 2.75) is 19.8 Å². The van der Waals surface area contributed by atoms with Crippen molar-refractivity contribution in [2.75, 3.05) is 10.3 Å². The maximum absolute atomic E-state index is 12.4. The van der Waals surface area contributed by atoms with Gasteiger partial charge in [0.05, 0.1) is 5.69 Å². The summed E-state index contributed by atoms with van der Waals surface area (Å²) in [5.74, 6) is -0.420. The molecule has 0 spiro atoms. The van der Waals surface area contributed by atoms with Crippen LogP contribution in [0.1, 0.15) is 18.5 Å². The Morgan fingerprint density at radius 2 is 1.96 bits per heavy atom. The van der Waals surface area contributed by atoms with Crippen molar-refractivity contribution in [3.63, 3.8) is 0 Å². The average Bonchev–Trinajstić information content (AvgIpc) is 2.56. The van der Waals surface area contributed by atoms with Gasteiger partial charge in [-0.2, -0.15) is 5.10 Å². The molecule has 0 aliphatic carbocycles. The molecule has 0 saturated heterocycles. The largest absolute Gasteiger partial charge is 0.321 e. The number of hydrazone groups is 1. The molecule has 1 aliphatic heterocycles. The van der Waals surface area contributed by atoms with E-state index in [2.05, 4.69) is 15.4 Å². The van der Waals surface area contributed by atoms with Gasteiger partial charge < -0.3 is 5.32 Å². The third-order valence-corrected chi connectivity index (χ3v) is 3.45. The minimum Gasteiger partial charge on any atom is -0.321 e. The number of nitrogens with zero attached hydrogens (tertiary/aromatic N) is 3. The van der Waals surface area contributed by atoms with E-state index >= 15 is 0 Å². The quantitative estimate of drug-likeness (QED) is 0.946. The van der Waals surface area contributed by atoms with Crippen LogP contribution < -0.4 is 10.3 Å². The van der Waals surface area contributed by atoms with Crippen LogP contribution in [0.25, 0.3) is 0 Å². The Kier molecular flexibility index (Phi) is 4.14. The maximum atomic E-state index is 12.4. The lowest BCUT2D eigenvalue weighted by atomic mass is 10.1. The average molecular weight is 308 g/mol. The van der Waals surface area contributed by atoms with Crippen LogP contribution in [0.15, 0.2) is 53.8 Å². The lowest BCUT2D eigenvalue weighted by molar-refractivity contribution is -0.118. The molecular weight excluding hydrogens is 292 g/mol.